The van der Waals surface area contributed by atoms with Crippen molar-refractivity contribution in [3.05, 3.63) is 75.5 Å². The first-order valence-electron chi connectivity index (χ1n) is 9.38. The molecule has 0 aliphatic carbocycles. The van der Waals surface area contributed by atoms with E-state index in [9.17, 15) is 14.9 Å². The molecule has 1 heterocycles. The molecule has 156 valence electrons. The first-order valence-corrected chi connectivity index (χ1v) is 10.2. The second kappa shape index (κ2) is 8.31. The fraction of sp³-hybridized carbons (Fsp3) is 0.273. The largest absolute Gasteiger partial charge is 0.403 e. The Morgan fingerprint density at radius 2 is 1.77 bits per heavy atom. The number of carbonyl (C=O) groups is 1. The minimum atomic E-state index is -0.656. The number of aryl methyl sites for hydroxylation is 1. The number of hydrogen-bond donors (Lipinski definition) is 0. The summed E-state index contributed by atoms with van der Waals surface area (Å²) in [6.07, 6.45) is 0. The minimum absolute atomic E-state index is 0.121. The first kappa shape index (κ1) is 21.6. The second-order valence-corrected chi connectivity index (χ2v) is 8.90. The van der Waals surface area contributed by atoms with Gasteiger partial charge < -0.3 is 4.74 Å². The number of ether oxygens (including phenoxy) is 1. The molecule has 0 fully saturated rings. The fourth-order valence-corrected chi connectivity index (χ4v) is 3.88. The van der Waals surface area contributed by atoms with Crippen LogP contribution in [0.2, 0.25) is 0 Å². The van der Waals surface area contributed by atoms with Gasteiger partial charge in [-0.1, -0.05) is 36.0 Å². The summed E-state index contributed by atoms with van der Waals surface area (Å²) in [6, 6.07) is 14.1. The number of benzene rings is 2. The van der Waals surface area contributed by atoms with Crippen LogP contribution in [0.3, 0.4) is 0 Å². The summed E-state index contributed by atoms with van der Waals surface area (Å²) in [6.45, 7) is 9.30. The molecule has 1 aromatic heterocycles. The third-order valence-corrected chi connectivity index (χ3v) is 5.66. The van der Waals surface area contributed by atoms with E-state index in [1.807, 2.05) is 58.0 Å². The smallest absolute Gasteiger partial charge is 0.345 e. The molecule has 3 rings (SSSR count). The lowest BCUT2D eigenvalue weighted by molar-refractivity contribution is -0.385. The molecule has 30 heavy (non-hydrogen) atoms. The molecule has 0 saturated carbocycles. The van der Waals surface area contributed by atoms with Crippen LogP contribution in [-0.2, 0) is 5.54 Å². The molecule has 0 unspecified atom stereocenters. The van der Waals surface area contributed by atoms with Crippen LogP contribution in [0.15, 0.2) is 58.3 Å². The lowest BCUT2D eigenvalue weighted by Crippen LogP contribution is -2.25. The van der Waals surface area contributed by atoms with Gasteiger partial charge in [-0.3, -0.25) is 10.1 Å². The third kappa shape index (κ3) is 4.38. The van der Waals surface area contributed by atoms with Crippen LogP contribution in [0.5, 0.6) is 5.88 Å². The molecular formula is C22H23N3O4S. The van der Waals surface area contributed by atoms with Gasteiger partial charge in [0.25, 0.3) is 5.69 Å². The first-order chi connectivity index (χ1) is 14.1. The van der Waals surface area contributed by atoms with E-state index in [-0.39, 0.29) is 16.8 Å². The van der Waals surface area contributed by atoms with Gasteiger partial charge in [0.2, 0.25) is 5.88 Å². The van der Waals surface area contributed by atoms with E-state index in [0.717, 1.165) is 15.5 Å². The predicted molar refractivity (Wildman–Crippen MR) is 115 cm³/mol. The normalized spacial score (nSPS) is 11.4. The van der Waals surface area contributed by atoms with Crippen molar-refractivity contribution >= 4 is 23.4 Å². The highest BCUT2D eigenvalue weighted by molar-refractivity contribution is 7.99. The second-order valence-electron chi connectivity index (χ2n) is 7.81. The zero-order valence-electron chi connectivity index (χ0n) is 17.5. The highest BCUT2D eigenvalue weighted by Crippen LogP contribution is 2.40. The molecule has 8 heteroatoms. The number of rotatable bonds is 5. The molecule has 0 atom stereocenters. The van der Waals surface area contributed by atoms with Crippen molar-refractivity contribution in [2.75, 3.05) is 0 Å². The molecule has 0 spiro atoms. The van der Waals surface area contributed by atoms with E-state index >= 15 is 0 Å². The summed E-state index contributed by atoms with van der Waals surface area (Å²) < 4.78 is 7.49. The van der Waals surface area contributed by atoms with E-state index in [1.54, 1.807) is 11.6 Å². The molecule has 0 saturated heterocycles. The van der Waals surface area contributed by atoms with Crippen LogP contribution < -0.4 is 4.74 Å². The molecule has 0 bridgehead atoms. The zero-order valence-corrected chi connectivity index (χ0v) is 18.3. The number of carbonyl (C=O) groups excluding carboxylic acids is 1. The maximum atomic E-state index is 13.0. The predicted octanol–water partition coefficient (Wildman–Crippen LogP) is 5.53. The van der Waals surface area contributed by atoms with Crippen molar-refractivity contribution in [1.82, 2.24) is 9.78 Å². The van der Waals surface area contributed by atoms with Crippen molar-refractivity contribution < 1.29 is 14.5 Å². The topological polar surface area (TPSA) is 87.3 Å². The summed E-state index contributed by atoms with van der Waals surface area (Å²) in [4.78, 5) is 25.5. The molecular weight excluding hydrogens is 402 g/mol. The standard InChI is InChI=1S/C22H23N3O4S/c1-14-17(12-9-13-18(14)25(27)28)21(26)29-20-19(30-16-10-7-6-8-11-16)15(2)23-24(20)22(3,4)5/h6-13H,1-5H3. The highest BCUT2D eigenvalue weighted by atomic mass is 32.2. The van der Waals surface area contributed by atoms with E-state index in [2.05, 4.69) is 5.10 Å². The SMILES string of the molecule is Cc1nn(C(C)(C)C)c(OC(=O)c2cccc([N+](=O)[O-])c2C)c1Sc1ccccc1. The Balaban J connectivity index is 2.05. The van der Waals surface area contributed by atoms with Crippen LogP contribution in [0.1, 0.15) is 42.4 Å². The van der Waals surface area contributed by atoms with Crippen LogP contribution in [-0.4, -0.2) is 20.7 Å². The van der Waals surface area contributed by atoms with E-state index in [4.69, 9.17) is 4.74 Å². The van der Waals surface area contributed by atoms with Gasteiger partial charge >= 0.3 is 5.97 Å². The summed E-state index contributed by atoms with van der Waals surface area (Å²) in [5.41, 5.74) is 0.594. The van der Waals surface area contributed by atoms with Crippen LogP contribution >= 0.6 is 11.8 Å². The molecule has 0 aliphatic rings. The summed E-state index contributed by atoms with van der Waals surface area (Å²) >= 11 is 1.46. The number of nitro benzene ring substituents is 1. The van der Waals surface area contributed by atoms with E-state index in [1.165, 1.54) is 30.0 Å². The number of nitrogens with zero attached hydrogens (tertiary/aromatic N) is 3. The van der Waals surface area contributed by atoms with E-state index in [0.29, 0.717) is 5.88 Å². The Hall–Kier alpha value is -3.13. The molecule has 3 aromatic rings. The van der Waals surface area contributed by atoms with Crippen LogP contribution in [0, 0.1) is 24.0 Å². The molecule has 2 aromatic carbocycles. The van der Waals surface area contributed by atoms with Gasteiger partial charge in [-0.05, 0) is 52.8 Å². The molecule has 0 N–H and O–H groups in total. The summed E-state index contributed by atoms with van der Waals surface area (Å²) in [7, 11) is 0. The average Bonchev–Trinajstić information content (AvgIpc) is 2.98. The van der Waals surface area contributed by atoms with Crippen molar-refractivity contribution in [3.8, 4) is 5.88 Å². The lowest BCUT2D eigenvalue weighted by Gasteiger charge is -2.22. The Labute approximate surface area is 179 Å². The molecule has 0 amide bonds. The van der Waals surface area contributed by atoms with Crippen LogP contribution in [0.25, 0.3) is 0 Å². The summed E-state index contributed by atoms with van der Waals surface area (Å²) in [5, 5.41) is 15.8. The molecule has 0 aliphatic heterocycles. The van der Waals surface area contributed by atoms with Crippen LogP contribution in [0.4, 0.5) is 5.69 Å². The number of esters is 1. The maximum absolute atomic E-state index is 13.0. The highest BCUT2D eigenvalue weighted by Gasteiger charge is 2.29. The van der Waals surface area contributed by atoms with Gasteiger partial charge in [0.1, 0.15) is 0 Å². The Kier molecular flexibility index (Phi) is 5.98. The van der Waals surface area contributed by atoms with Crippen molar-refractivity contribution in [2.45, 2.75) is 49.9 Å². The summed E-state index contributed by atoms with van der Waals surface area (Å²) in [5.74, 6) is -0.332. The fourth-order valence-electron chi connectivity index (χ4n) is 2.95. The number of aromatic nitrogens is 2. The third-order valence-electron chi connectivity index (χ3n) is 4.47. The van der Waals surface area contributed by atoms with Gasteiger partial charge in [-0.25, -0.2) is 9.48 Å². The van der Waals surface area contributed by atoms with Gasteiger partial charge in [0.05, 0.1) is 26.6 Å². The minimum Gasteiger partial charge on any atom is -0.403 e. The number of nitro groups is 1. The van der Waals surface area contributed by atoms with Gasteiger partial charge in [0.15, 0.2) is 0 Å². The van der Waals surface area contributed by atoms with Gasteiger partial charge in [0, 0.05) is 16.5 Å². The maximum Gasteiger partial charge on any atom is 0.345 e. The van der Waals surface area contributed by atoms with Crippen molar-refractivity contribution in [1.29, 1.82) is 0 Å². The van der Waals surface area contributed by atoms with Crippen molar-refractivity contribution in [2.24, 2.45) is 0 Å². The average molecular weight is 426 g/mol. The Morgan fingerprint density at radius 1 is 1.10 bits per heavy atom. The van der Waals surface area contributed by atoms with E-state index < -0.39 is 16.4 Å². The number of hydrogen-bond acceptors (Lipinski definition) is 6. The Bertz CT molecular complexity index is 1100. The molecule has 7 nitrogen and oxygen atoms in total. The molecule has 0 radical (unpaired) electrons. The quantitative estimate of drug-likeness (QED) is 0.303. The van der Waals surface area contributed by atoms with Gasteiger partial charge in [-0.2, -0.15) is 5.10 Å². The Morgan fingerprint density at radius 3 is 2.37 bits per heavy atom. The monoisotopic (exact) mass is 425 g/mol. The zero-order chi connectivity index (χ0) is 22.1. The van der Waals surface area contributed by atoms with Crippen molar-refractivity contribution in [3.63, 3.8) is 0 Å². The van der Waals surface area contributed by atoms with Gasteiger partial charge in [-0.15, -0.1) is 0 Å². The lowest BCUT2D eigenvalue weighted by atomic mass is 10.1.